The highest BCUT2D eigenvalue weighted by Gasteiger charge is 2.15. The van der Waals surface area contributed by atoms with Crippen LogP contribution < -0.4 is 0 Å². The van der Waals surface area contributed by atoms with Gasteiger partial charge >= 0.3 is 5.97 Å². The molecule has 0 saturated heterocycles. The number of carbonyl (C=O) groups is 2. The van der Waals surface area contributed by atoms with E-state index in [0.29, 0.717) is 13.0 Å². The molecule has 0 bridgehead atoms. The van der Waals surface area contributed by atoms with Gasteiger partial charge in [-0.25, -0.2) is 0 Å². The molecule has 0 spiro atoms. The fourth-order valence-corrected chi connectivity index (χ4v) is 4.04. The number of hydrogen-bond acceptors (Lipinski definition) is 3. The van der Waals surface area contributed by atoms with Crippen LogP contribution in [0, 0.1) is 5.41 Å². The highest BCUT2D eigenvalue weighted by Crippen LogP contribution is 2.25. The van der Waals surface area contributed by atoms with Crippen LogP contribution in [0.4, 0.5) is 0 Å². The molecule has 0 aromatic heterocycles. The molecule has 36 heavy (non-hydrogen) atoms. The molecule has 3 heteroatoms. The van der Waals surface area contributed by atoms with Crippen LogP contribution in [0.5, 0.6) is 0 Å². The topological polar surface area (TPSA) is 43.4 Å². The van der Waals surface area contributed by atoms with E-state index in [4.69, 9.17) is 4.74 Å². The van der Waals surface area contributed by atoms with Gasteiger partial charge in [-0.05, 0) is 87.3 Å². The fraction of sp³-hybridized carbons (Fsp3) is 0.636. The van der Waals surface area contributed by atoms with Crippen LogP contribution in [-0.4, -0.2) is 18.4 Å². The zero-order chi connectivity index (χ0) is 26.5. The van der Waals surface area contributed by atoms with Gasteiger partial charge < -0.3 is 4.74 Å². The summed E-state index contributed by atoms with van der Waals surface area (Å²) in [5.41, 5.74) is 1.82. The number of carbonyl (C=O) groups excluding carboxylic acids is 2. The van der Waals surface area contributed by atoms with Crippen molar-refractivity contribution in [2.24, 2.45) is 5.41 Å². The van der Waals surface area contributed by atoms with E-state index < -0.39 is 0 Å². The number of unbranched alkanes of at least 4 members (excludes halogenated alkanes) is 8. The Labute approximate surface area is 221 Å². The molecule has 0 fully saturated rings. The first-order chi connectivity index (χ1) is 17.3. The number of hydrogen-bond donors (Lipinski definition) is 0. The second-order valence-electron chi connectivity index (χ2n) is 10.8. The molecule has 1 aliphatic rings. The van der Waals surface area contributed by atoms with E-state index in [0.717, 1.165) is 56.1 Å². The Morgan fingerprint density at radius 3 is 2.33 bits per heavy atom. The summed E-state index contributed by atoms with van der Waals surface area (Å²) in [4.78, 5) is 24.4. The molecule has 0 atom stereocenters. The van der Waals surface area contributed by atoms with Crippen LogP contribution in [0.1, 0.15) is 124 Å². The molecule has 0 aromatic carbocycles. The van der Waals surface area contributed by atoms with Crippen molar-refractivity contribution >= 4 is 11.8 Å². The SMILES string of the molecule is CCCCC/C=C\C/C=C\CCCCCCCC(=O)OC/C1=C/CC(C)(C)/C=C\C(=O)/C(C)=C\CC1. The molecule has 0 N–H and O–H groups in total. The molecular weight excluding hydrogens is 444 g/mol. The lowest BCUT2D eigenvalue weighted by atomic mass is 9.87. The summed E-state index contributed by atoms with van der Waals surface area (Å²) >= 11 is 0. The lowest BCUT2D eigenvalue weighted by Crippen LogP contribution is -2.10. The van der Waals surface area contributed by atoms with Crippen LogP contribution in [0.2, 0.25) is 0 Å². The predicted octanol–water partition coefficient (Wildman–Crippen LogP) is 9.55. The van der Waals surface area contributed by atoms with Crippen molar-refractivity contribution < 1.29 is 14.3 Å². The minimum absolute atomic E-state index is 0.0790. The highest BCUT2D eigenvalue weighted by molar-refractivity contribution is 6.03. The monoisotopic (exact) mass is 496 g/mol. The largest absolute Gasteiger partial charge is 0.461 e. The van der Waals surface area contributed by atoms with Gasteiger partial charge in [-0.2, -0.15) is 0 Å². The smallest absolute Gasteiger partial charge is 0.306 e. The first-order valence-electron chi connectivity index (χ1n) is 14.4. The molecule has 0 amide bonds. The maximum Gasteiger partial charge on any atom is 0.306 e. The Morgan fingerprint density at radius 1 is 0.944 bits per heavy atom. The summed E-state index contributed by atoms with van der Waals surface area (Å²) in [5.74, 6) is -0.0210. The van der Waals surface area contributed by atoms with E-state index in [9.17, 15) is 9.59 Å². The van der Waals surface area contributed by atoms with E-state index in [1.807, 2.05) is 19.1 Å². The third-order valence-corrected chi connectivity index (χ3v) is 6.66. The first-order valence-corrected chi connectivity index (χ1v) is 14.4. The molecular formula is C33H52O3. The molecule has 0 heterocycles. The van der Waals surface area contributed by atoms with Crippen LogP contribution in [0.25, 0.3) is 0 Å². The van der Waals surface area contributed by atoms with Crippen molar-refractivity contribution in [1.82, 2.24) is 0 Å². The van der Waals surface area contributed by atoms with Gasteiger partial charge in [0.15, 0.2) is 5.78 Å². The normalized spacial score (nSPS) is 20.5. The van der Waals surface area contributed by atoms with Crippen LogP contribution in [0.3, 0.4) is 0 Å². The molecule has 1 rings (SSSR count). The second kappa shape index (κ2) is 20.0. The number of rotatable bonds is 16. The standard InChI is InChI=1S/C33H52O3/c1-5-6-7-8-9-10-11-12-13-14-15-16-17-18-19-23-32(35)36-28-30-22-20-21-29(2)31(34)25-27-33(3,4)26-24-30/h9-10,12-13,21,24-25,27H,5-8,11,14-20,22-23,26,28H2,1-4H3/b10-9-,13-12-,27-25-,29-21-,30-24+. The van der Waals surface area contributed by atoms with E-state index in [1.165, 1.54) is 44.9 Å². The Hall–Kier alpha value is -2.16. The number of allylic oxidation sites excluding steroid dienone is 9. The van der Waals surface area contributed by atoms with Gasteiger partial charge in [-0.1, -0.05) is 95.4 Å². The summed E-state index contributed by atoms with van der Waals surface area (Å²) in [6.45, 7) is 8.72. The second-order valence-corrected chi connectivity index (χ2v) is 10.8. The molecule has 0 unspecified atom stereocenters. The zero-order valence-corrected chi connectivity index (χ0v) is 23.7. The van der Waals surface area contributed by atoms with Crippen molar-refractivity contribution in [3.8, 4) is 0 Å². The van der Waals surface area contributed by atoms with Crippen molar-refractivity contribution in [2.45, 2.75) is 124 Å². The summed E-state index contributed by atoms with van der Waals surface area (Å²) in [6, 6.07) is 0. The third-order valence-electron chi connectivity index (χ3n) is 6.66. The van der Waals surface area contributed by atoms with Crippen LogP contribution >= 0.6 is 0 Å². The zero-order valence-electron chi connectivity index (χ0n) is 23.7. The van der Waals surface area contributed by atoms with Crippen LogP contribution in [-0.2, 0) is 14.3 Å². The van der Waals surface area contributed by atoms with Gasteiger partial charge in [0.25, 0.3) is 0 Å². The van der Waals surface area contributed by atoms with Crippen molar-refractivity contribution in [2.75, 3.05) is 6.61 Å². The Balaban J connectivity index is 2.17. The van der Waals surface area contributed by atoms with Gasteiger partial charge in [-0.3, -0.25) is 9.59 Å². The van der Waals surface area contributed by atoms with E-state index in [1.54, 1.807) is 6.08 Å². The molecule has 0 radical (unpaired) electrons. The summed E-state index contributed by atoms with van der Waals surface area (Å²) in [6.07, 6.45) is 32.9. The highest BCUT2D eigenvalue weighted by atomic mass is 16.5. The Kier molecular flexibility index (Phi) is 17.7. The van der Waals surface area contributed by atoms with E-state index in [-0.39, 0.29) is 17.2 Å². The average Bonchev–Trinajstić information content (AvgIpc) is 2.87. The van der Waals surface area contributed by atoms with Crippen molar-refractivity contribution in [3.05, 3.63) is 59.8 Å². The Bertz CT molecular complexity index is 777. The number of ketones is 1. The van der Waals surface area contributed by atoms with Crippen molar-refractivity contribution in [1.29, 1.82) is 0 Å². The molecule has 3 nitrogen and oxygen atoms in total. The lowest BCUT2D eigenvalue weighted by molar-refractivity contribution is -0.142. The summed E-state index contributed by atoms with van der Waals surface area (Å²) < 4.78 is 5.59. The molecule has 0 saturated carbocycles. The fourth-order valence-electron chi connectivity index (χ4n) is 4.04. The van der Waals surface area contributed by atoms with Gasteiger partial charge in [0.1, 0.15) is 6.61 Å². The third kappa shape index (κ3) is 17.3. The van der Waals surface area contributed by atoms with Crippen LogP contribution in [0.15, 0.2) is 59.8 Å². The maximum atomic E-state index is 12.2. The number of esters is 1. The lowest BCUT2D eigenvalue weighted by Gasteiger charge is -2.18. The van der Waals surface area contributed by atoms with E-state index >= 15 is 0 Å². The van der Waals surface area contributed by atoms with Crippen molar-refractivity contribution in [3.63, 3.8) is 0 Å². The molecule has 202 valence electrons. The van der Waals surface area contributed by atoms with Gasteiger partial charge in [0.2, 0.25) is 0 Å². The minimum atomic E-state index is -0.101. The minimum Gasteiger partial charge on any atom is -0.461 e. The summed E-state index contributed by atoms with van der Waals surface area (Å²) in [7, 11) is 0. The molecule has 0 aliphatic heterocycles. The maximum absolute atomic E-state index is 12.2. The average molecular weight is 497 g/mol. The van der Waals surface area contributed by atoms with Gasteiger partial charge in [0, 0.05) is 6.42 Å². The first kappa shape index (κ1) is 31.9. The molecule has 1 aliphatic carbocycles. The Morgan fingerprint density at radius 2 is 1.61 bits per heavy atom. The predicted molar refractivity (Wildman–Crippen MR) is 154 cm³/mol. The summed E-state index contributed by atoms with van der Waals surface area (Å²) in [5, 5.41) is 0. The number of ether oxygens (including phenoxy) is 1. The molecule has 0 aromatic rings. The quantitative estimate of drug-likeness (QED) is 0.121. The van der Waals surface area contributed by atoms with Gasteiger partial charge in [-0.15, -0.1) is 0 Å². The van der Waals surface area contributed by atoms with Gasteiger partial charge in [0.05, 0.1) is 0 Å². The van der Waals surface area contributed by atoms with E-state index in [2.05, 4.69) is 51.2 Å².